The maximum Gasteiger partial charge on any atom is 0.128 e. The number of anilines is 2. The number of thiophene rings is 2. The Morgan fingerprint density at radius 1 is 0.750 bits per heavy atom. The highest BCUT2D eigenvalue weighted by Gasteiger charge is 2.16. The van der Waals surface area contributed by atoms with Gasteiger partial charge in [0.15, 0.2) is 0 Å². The smallest absolute Gasteiger partial charge is 0.128 e. The van der Waals surface area contributed by atoms with Crippen molar-refractivity contribution in [3.05, 3.63) is 31.8 Å². The summed E-state index contributed by atoms with van der Waals surface area (Å²) in [6, 6.07) is 7.77. The normalized spacial score (nSPS) is 10.9. The van der Waals surface area contributed by atoms with Crippen molar-refractivity contribution in [2.75, 3.05) is 11.5 Å². The van der Waals surface area contributed by atoms with Crippen molar-refractivity contribution in [1.29, 1.82) is 0 Å². The number of nitrogens with two attached hydrogens (primary N) is 2. The van der Waals surface area contributed by atoms with Gasteiger partial charge in [0.1, 0.15) is 11.4 Å². The van der Waals surface area contributed by atoms with Crippen molar-refractivity contribution >= 4 is 65.9 Å². The number of rotatable bonds is 2. The molecule has 3 heterocycles. The summed E-state index contributed by atoms with van der Waals surface area (Å²) >= 11 is 9.93. The van der Waals surface area contributed by atoms with Crippen LogP contribution in [0.2, 0.25) is 0 Å². The number of aromatic nitrogens is 2. The minimum Gasteiger partial charge on any atom is -0.395 e. The molecule has 0 aliphatic rings. The molecule has 0 saturated carbocycles. The molecule has 4 nitrogen and oxygen atoms in total. The SMILES string of the molecule is Nc1c(-c2ccc(Br)s2)nnc(-c2ccc(Br)s2)c1N. The molecule has 0 aromatic carbocycles. The van der Waals surface area contributed by atoms with Crippen LogP contribution in [0, 0.1) is 0 Å². The zero-order valence-corrected chi connectivity index (χ0v) is 14.7. The van der Waals surface area contributed by atoms with Crippen molar-refractivity contribution in [2.24, 2.45) is 0 Å². The molecule has 3 aromatic rings. The minimum absolute atomic E-state index is 0.467. The van der Waals surface area contributed by atoms with Gasteiger partial charge in [-0.2, -0.15) is 0 Å². The Hall–Kier alpha value is -0.960. The average molecular weight is 432 g/mol. The summed E-state index contributed by atoms with van der Waals surface area (Å²) in [4.78, 5) is 1.87. The van der Waals surface area contributed by atoms with Gasteiger partial charge in [0.2, 0.25) is 0 Å². The van der Waals surface area contributed by atoms with E-state index in [-0.39, 0.29) is 0 Å². The molecule has 20 heavy (non-hydrogen) atoms. The molecule has 8 heteroatoms. The Morgan fingerprint density at radius 3 is 1.45 bits per heavy atom. The zero-order chi connectivity index (χ0) is 14.3. The van der Waals surface area contributed by atoms with E-state index in [1.54, 1.807) is 22.7 Å². The Labute approximate surface area is 140 Å². The second-order valence-electron chi connectivity index (χ2n) is 3.93. The highest BCUT2D eigenvalue weighted by Crippen LogP contribution is 2.40. The molecule has 0 saturated heterocycles. The van der Waals surface area contributed by atoms with Crippen LogP contribution < -0.4 is 11.5 Å². The highest BCUT2D eigenvalue weighted by molar-refractivity contribution is 9.11. The van der Waals surface area contributed by atoms with Crippen LogP contribution in [0.15, 0.2) is 31.8 Å². The summed E-state index contributed by atoms with van der Waals surface area (Å²) in [6.45, 7) is 0. The van der Waals surface area contributed by atoms with Crippen LogP contribution in [0.1, 0.15) is 0 Å². The molecule has 0 bridgehead atoms. The Kier molecular flexibility index (Phi) is 3.80. The summed E-state index contributed by atoms with van der Waals surface area (Å²) in [5, 5.41) is 8.47. The quantitative estimate of drug-likeness (QED) is 0.620. The third kappa shape index (κ3) is 2.48. The van der Waals surface area contributed by atoms with E-state index in [9.17, 15) is 0 Å². The van der Waals surface area contributed by atoms with Crippen LogP contribution in [0.25, 0.3) is 21.1 Å². The molecule has 0 aliphatic heterocycles. The van der Waals surface area contributed by atoms with E-state index in [2.05, 4.69) is 42.1 Å². The van der Waals surface area contributed by atoms with Gasteiger partial charge in [-0.05, 0) is 56.1 Å². The molecule has 0 aliphatic carbocycles. The maximum atomic E-state index is 6.13. The van der Waals surface area contributed by atoms with Gasteiger partial charge in [-0.3, -0.25) is 0 Å². The van der Waals surface area contributed by atoms with E-state index in [4.69, 9.17) is 11.5 Å². The number of hydrogen-bond donors (Lipinski definition) is 2. The van der Waals surface area contributed by atoms with Gasteiger partial charge in [0.25, 0.3) is 0 Å². The zero-order valence-electron chi connectivity index (χ0n) is 9.93. The van der Waals surface area contributed by atoms with E-state index in [0.29, 0.717) is 22.8 Å². The molecule has 102 valence electrons. The lowest BCUT2D eigenvalue weighted by Gasteiger charge is -2.08. The average Bonchev–Trinajstić information content (AvgIpc) is 3.02. The van der Waals surface area contributed by atoms with Crippen LogP contribution in [-0.2, 0) is 0 Å². The maximum absolute atomic E-state index is 6.13. The molecule has 0 atom stereocenters. The van der Waals surface area contributed by atoms with E-state index < -0.39 is 0 Å². The first-order valence-electron chi connectivity index (χ1n) is 5.49. The predicted molar refractivity (Wildman–Crippen MR) is 92.9 cm³/mol. The van der Waals surface area contributed by atoms with E-state index in [0.717, 1.165) is 17.3 Å². The van der Waals surface area contributed by atoms with E-state index in [1.807, 2.05) is 24.3 Å². The number of nitrogen functional groups attached to an aromatic ring is 2. The van der Waals surface area contributed by atoms with Crippen LogP contribution >= 0.6 is 54.5 Å². The Morgan fingerprint density at radius 2 is 1.15 bits per heavy atom. The van der Waals surface area contributed by atoms with Crippen molar-refractivity contribution in [3.8, 4) is 21.1 Å². The monoisotopic (exact) mass is 430 g/mol. The van der Waals surface area contributed by atoms with Gasteiger partial charge >= 0.3 is 0 Å². The summed E-state index contributed by atoms with van der Waals surface area (Å²) < 4.78 is 2.03. The topological polar surface area (TPSA) is 77.8 Å². The van der Waals surface area contributed by atoms with Crippen LogP contribution in [0.4, 0.5) is 11.4 Å². The predicted octanol–water partition coefficient (Wildman–Crippen LogP) is 4.62. The fraction of sp³-hybridized carbons (Fsp3) is 0. The molecule has 0 radical (unpaired) electrons. The first-order valence-corrected chi connectivity index (χ1v) is 8.71. The molecular formula is C12H8Br2N4S2. The van der Waals surface area contributed by atoms with Gasteiger partial charge in [0, 0.05) is 0 Å². The third-order valence-electron chi connectivity index (χ3n) is 2.66. The molecular weight excluding hydrogens is 424 g/mol. The van der Waals surface area contributed by atoms with E-state index in [1.165, 1.54) is 0 Å². The first-order chi connectivity index (χ1) is 9.56. The highest BCUT2D eigenvalue weighted by atomic mass is 79.9. The molecule has 0 fully saturated rings. The van der Waals surface area contributed by atoms with Crippen molar-refractivity contribution in [3.63, 3.8) is 0 Å². The largest absolute Gasteiger partial charge is 0.395 e. The molecule has 3 aromatic heterocycles. The second kappa shape index (κ2) is 5.44. The van der Waals surface area contributed by atoms with Crippen molar-refractivity contribution < 1.29 is 0 Å². The molecule has 3 rings (SSSR count). The number of nitrogens with zero attached hydrogens (tertiary/aromatic N) is 2. The summed E-state index contributed by atoms with van der Waals surface area (Å²) in [7, 11) is 0. The molecule has 0 spiro atoms. The molecule has 0 unspecified atom stereocenters. The summed E-state index contributed by atoms with van der Waals surface area (Å²) in [6.07, 6.45) is 0. The van der Waals surface area contributed by atoms with Crippen LogP contribution in [-0.4, -0.2) is 10.2 Å². The van der Waals surface area contributed by atoms with Gasteiger partial charge in [-0.1, -0.05) is 0 Å². The van der Waals surface area contributed by atoms with Crippen molar-refractivity contribution in [1.82, 2.24) is 10.2 Å². The standard InChI is InChI=1S/C12H8Br2N4S2/c13-7-3-1-5(19-7)11-9(15)10(16)12(18-17-11)6-2-4-8(14)20-6/h1-4H,(H2,16,17)(H2,15,18). The third-order valence-corrected chi connectivity index (χ3v) is 5.92. The van der Waals surface area contributed by atoms with E-state index >= 15 is 0 Å². The fourth-order valence-corrected chi connectivity index (χ4v) is 4.48. The van der Waals surface area contributed by atoms with Gasteiger partial charge in [-0.15, -0.1) is 32.9 Å². The number of hydrogen-bond acceptors (Lipinski definition) is 6. The Bertz CT molecular complexity index is 716. The van der Waals surface area contributed by atoms with Gasteiger partial charge < -0.3 is 11.5 Å². The Balaban J connectivity index is 2.12. The fourth-order valence-electron chi connectivity index (χ4n) is 1.71. The van der Waals surface area contributed by atoms with Gasteiger partial charge in [-0.25, -0.2) is 0 Å². The lowest BCUT2D eigenvalue weighted by atomic mass is 10.2. The summed E-state index contributed by atoms with van der Waals surface area (Å²) in [5.74, 6) is 0. The van der Waals surface area contributed by atoms with Crippen molar-refractivity contribution in [2.45, 2.75) is 0 Å². The van der Waals surface area contributed by atoms with Crippen LogP contribution in [0.3, 0.4) is 0 Å². The lowest BCUT2D eigenvalue weighted by Crippen LogP contribution is -2.03. The minimum atomic E-state index is 0.467. The van der Waals surface area contributed by atoms with Crippen LogP contribution in [0.5, 0.6) is 0 Å². The molecule has 4 N–H and O–H groups in total. The molecule has 0 amide bonds. The number of halogens is 2. The lowest BCUT2D eigenvalue weighted by molar-refractivity contribution is 1.06. The summed E-state index contributed by atoms with van der Waals surface area (Å²) in [5.41, 5.74) is 14.4. The second-order valence-corrected chi connectivity index (χ2v) is 8.86. The first kappa shape index (κ1) is 14.0. The van der Waals surface area contributed by atoms with Gasteiger partial charge in [0.05, 0.1) is 28.7 Å².